The lowest BCUT2D eigenvalue weighted by Gasteiger charge is -2.19. The van der Waals surface area contributed by atoms with Crippen LogP contribution in [-0.2, 0) is 10.2 Å². The lowest BCUT2D eigenvalue weighted by molar-refractivity contribution is -0.384. The maximum Gasteiger partial charge on any atom is 0.270 e. The number of nitro groups is 1. The zero-order valence-electron chi connectivity index (χ0n) is 22.5. The Balaban J connectivity index is 1.54. The van der Waals surface area contributed by atoms with Gasteiger partial charge in [0.1, 0.15) is 0 Å². The molecule has 3 aromatic carbocycles. The topological polar surface area (TPSA) is 115 Å². The van der Waals surface area contributed by atoms with Gasteiger partial charge in [0, 0.05) is 28.9 Å². The van der Waals surface area contributed by atoms with E-state index in [2.05, 4.69) is 53.6 Å². The quantitative estimate of drug-likeness (QED) is 0.125. The van der Waals surface area contributed by atoms with Gasteiger partial charge in [0.2, 0.25) is 0 Å². The molecule has 0 spiro atoms. The highest BCUT2D eigenvalue weighted by atomic mass is 32.2. The zero-order chi connectivity index (χ0) is 28.2. The average Bonchev–Trinajstić information content (AvgIpc) is 3.34. The minimum Gasteiger partial charge on any atom is -0.272 e. The van der Waals surface area contributed by atoms with Crippen molar-refractivity contribution in [2.45, 2.75) is 45.2 Å². The van der Waals surface area contributed by atoms with E-state index < -0.39 is 4.92 Å². The minimum absolute atomic E-state index is 0.0353. The number of carbonyl (C=O) groups excluding carboxylic acids is 1. The molecule has 39 heavy (non-hydrogen) atoms. The second-order valence-corrected chi connectivity index (χ2v) is 11.1. The van der Waals surface area contributed by atoms with E-state index in [1.807, 2.05) is 47.9 Å². The molecule has 9 nitrogen and oxygen atoms in total. The van der Waals surface area contributed by atoms with Crippen molar-refractivity contribution in [3.63, 3.8) is 0 Å². The highest BCUT2D eigenvalue weighted by molar-refractivity contribution is 7.99. The summed E-state index contributed by atoms with van der Waals surface area (Å²) in [5.74, 6) is 0.402. The minimum atomic E-state index is -0.469. The van der Waals surface area contributed by atoms with Crippen LogP contribution in [0.1, 0.15) is 44.4 Å². The van der Waals surface area contributed by atoms with E-state index in [1.165, 1.54) is 29.5 Å². The van der Waals surface area contributed by atoms with Crippen molar-refractivity contribution >= 4 is 29.1 Å². The van der Waals surface area contributed by atoms with Gasteiger partial charge >= 0.3 is 0 Å². The average molecular weight is 543 g/mol. The maximum atomic E-state index is 12.6. The summed E-state index contributed by atoms with van der Waals surface area (Å²) in [5.41, 5.74) is 7.70. The van der Waals surface area contributed by atoms with Crippen LogP contribution in [0, 0.1) is 17.0 Å². The summed E-state index contributed by atoms with van der Waals surface area (Å²) in [7, 11) is 0. The molecule has 1 heterocycles. The Kier molecular flexibility index (Phi) is 8.25. The number of nitro benzene ring substituents is 1. The predicted molar refractivity (Wildman–Crippen MR) is 154 cm³/mol. The molecule has 0 fully saturated rings. The molecule has 0 atom stereocenters. The summed E-state index contributed by atoms with van der Waals surface area (Å²) in [4.78, 5) is 23.2. The van der Waals surface area contributed by atoms with E-state index in [-0.39, 0.29) is 22.8 Å². The van der Waals surface area contributed by atoms with E-state index in [0.29, 0.717) is 22.3 Å². The summed E-state index contributed by atoms with van der Waals surface area (Å²) in [6.07, 6.45) is 0. The third-order valence-electron chi connectivity index (χ3n) is 6.09. The molecule has 0 aliphatic heterocycles. The first kappa shape index (κ1) is 27.7. The first-order valence-corrected chi connectivity index (χ1v) is 13.4. The van der Waals surface area contributed by atoms with Gasteiger partial charge in [-0.3, -0.25) is 19.5 Å². The van der Waals surface area contributed by atoms with Crippen LogP contribution < -0.4 is 5.43 Å². The van der Waals surface area contributed by atoms with Gasteiger partial charge < -0.3 is 0 Å². The molecular formula is C29H30N6O3S. The molecule has 0 unspecified atom stereocenters. The molecule has 4 aromatic rings. The number of hydrogen-bond acceptors (Lipinski definition) is 7. The fraction of sp³-hybridized carbons (Fsp3) is 0.241. The largest absolute Gasteiger partial charge is 0.272 e. The van der Waals surface area contributed by atoms with Crippen LogP contribution in [-0.4, -0.2) is 37.1 Å². The van der Waals surface area contributed by atoms with Gasteiger partial charge in [0.25, 0.3) is 11.6 Å². The van der Waals surface area contributed by atoms with E-state index in [9.17, 15) is 14.9 Å². The SMILES string of the molecule is CC(=NNC(=O)CSc1nnc(-c2ccc(C(C)(C)C)cc2)n1-c1ccc(C)cc1)c1cccc([N+](=O)[O-])c1. The fourth-order valence-corrected chi connectivity index (χ4v) is 4.56. The highest BCUT2D eigenvalue weighted by Crippen LogP contribution is 2.30. The molecule has 200 valence electrons. The summed E-state index contributed by atoms with van der Waals surface area (Å²) in [5, 5.41) is 24.6. The second kappa shape index (κ2) is 11.6. The number of carbonyl (C=O) groups is 1. The predicted octanol–water partition coefficient (Wildman–Crippen LogP) is 6.08. The molecule has 1 N–H and O–H groups in total. The number of hydrogen-bond donors (Lipinski definition) is 1. The number of non-ortho nitro benzene ring substituents is 1. The Bertz CT molecular complexity index is 1520. The van der Waals surface area contributed by atoms with Crippen molar-refractivity contribution in [2.24, 2.45) is 5.10 Å². The Labute approximate surface area is 231 Å². The van der Waals surface area contributed by atoms with Crippen molar-refractivity contribution < 1.29 is 9.72 Å². The standard InChI is InChI=1S/C29H30N6O3S/c1-19-9-15-24(16-10-19)34-27(21-11-13-23(14-12-21)29(3,4)5)32-33-28(34)39-18-26(36)31-30-20(2)22-7-6-8-25(17-22)35(37)38/h6-17H,18H2,1-5H3,(H,31,36). The van der Waals surface area contributed by atoms with E-state index in [4.69, 9.17) is 0 Å². The number of aryl methyl sites for hydroxylation is 1. The van der Waals surface area contributed by atoms with Crippen LogP contribution in [0.25, 0.3) is 17.1 Å². The van der Waals surface area contributed by atoms with Crippen LogP contribution in [0.4, 0.5) is 5.69 Å². The lowest BCUT2D eigenvalue weighted by Crippen LogP contribution is -2.21. The van der Waals surface area contributed by atoms with E-state index in [1.54, 1.807) is 19.1 Å². The van der Waals surface area contributed by atoms with Gasteiger partial charge in [-0.05, 0) is 37.0 Å². The summed E-state index contributed by atoms with van der Waals surface area (Å²) in [6, 6.07) is 22.4. The van der Waals surface area contributed by atoms with Crippen LogP contribution >= 0.6 is 11.8 Å². The van der Waals surface area contributed by atoms with Gasteiger partial charge in [-0.15, -0.1) is 10.2 Å². The summed E-state index contributed by atoms with van der Waals surface area (Å²) in [6.45, 7) is 10.2. The van der Waals surface area contributed by atoms with Crippen molar-refractivity contribution in [2.75, 3.05) is 5.75 Å². The van der Waals surface area contributed by atoms with E-state index in [0.717, 1.165) is 16.8 Å². The molecule has 1 aromatic heterocycles. The molecule has 0 bridgehead atoms. The molecule has 4 rings (SSSR count). The van der Waals surface area contributed by atoms with Gasteiger partial charge in [0.05, 0.1) is 16.4 Å². The van der Waals surface area contributed by atoms with Crippen molar-refractivity contribution in [3.05, 3.63) is 99.6 Å². The number of aromatic nitrogens is 3. The number of nitrogens with zero attached hydrogens (tertiary/aromatic N) is 5. The first-order valence-electron chi connectivity index (χ1n) is 12.4. The molecule has 0 radical (unpaired) electrons. The lowest BCUT2D eigenvalue weighted by atomic mass is 9.87. The van der Waals surface area contributed by atoms with Crippen LogP contribution in [0.5, 0.6) is 0 Å². The highest BCUT2D eigenvalue weighted by Gasteiger charge is 2.19. The summed E-state index contributed by atoms with van der Waals surface area (Å²) >= 11 is 1.25. The number of thioether (sulfide) groups is 1. The monoisotopic (exact) mass is 542 g/mol. The molecule has 0 aliphatic carbocycles. The van der Waals surface area contributed by atoms with Gasteiger partial charge in [0.15, 0.2) is 11.0 Å². The Morgan fingerprint density at radius 2 is 1.74 bits per heavy atom. The molecular weight excluding hydrogens is 512 g/mol. The third kappa shape index (κ3) is 6.77. The Morgan fingerprint density at radius 1 is 1.05 bits per heavy atom. The van der Waals surface area contributed by atoms with Crippen LogP contribution in [0.2, 0.25) is 0 Å². The number of amides is 1. The van der Waals surface area contributed by atoms with Gasteiger partial charge in [-0.25, -0.2) is 5.43 Å². The molecule has 0 saturated heterocycles. The second-order valence-electron chi connectivity index (χ2n) is 10.1. The smallest absolute Gasteiger partial charge is 0.270 e. The number of nitrogens with one attached hydrogen (secondary N) is 1. The normalized spacial score (nSPS) is 11.9. The molecule has 0 saturated carbocycles. The molecule has 1 amide bonds. The van der Waals surface area contributed by atoms with Crippen LogP contribution in [0.15, 0.2) is 83.1 Å². The van der Waals surface area contributed by atoms with Crippen molar-refractivity contribution in [1.82, 2.24) is 20.2 Å². The van der Waals surface area contributed by atoms with Crippen LogP contribution in [0.3, 0.4) is 0 Å². The summed E-state index contributed by atoms with van der Waals surface area (Å²) < 4.78 is 1.95. The van der Waals surface area contributed by atoms with Gasteiger partial charge in [-0.2, -0.15) is 5.10 Å². The zero-order valence-corrected chi connectivity index (χ0v) is 23.3. The fourth-order valence-electron chi connectivity index (χ4n) is 3.81. The Hall–Kier alpha value is -4.31. The Morgan fingerprint density at radius 3 is 2.38 bits per heavy atom. The van der Waals surface area contributed by atoms with E-state index >= 15 is 0 Å². The van der Waals surface area contributed by atoms with Crippen molar-refractivity contribution in [3.8, 4) is 17.1 Å². The number of benzene rings is 3. The van der Waals surface area contributed by atoms with Crippen molar-refractivity contribution in [1.29, 1.82) is 0 Å². The molecule has 10 heteroatoms. The third-order valence-corrected chi connectivity index (χ3v) is 7.02. The molecule has 0 aliphatic rings. The van der Waals surface area contributed by atoms with Gasteiger partial charge in [-0.1, -0.05) is 86.6 Å². The number of rotatable bonds is 8. The first-order chi connectivity index (χ1) is 18.5. The number of hydrazone groups is 1. The maximum absolute atomic E-state index is 12.6.